The van der Waals surface area contributed by atoms with Gasteiger partial charge in [-0.3, -0.25) is 28.8 Å². The van der Waals surface area contributed by atoms with Crippen LogP contribution in [0.5, 0.6) is 5.75 Å². The molecule has 0 spiro atoms. The van der Waals surface area contributed by atoms with E-state index in [-0.39, 0.29) is 118 Å². The summed E-state index contributed by atoms with van der Waals surface area (Å²) in [5, 5.41) is 74.0. The minimum absolute atomic E-state index is 0.0227. The number of oxime groups is 1. The number of rotatable bonds is 43. The van der Waals surface area contributed by atoms with Crippen LogP contribution in [0.25, 0.3) is 33.3 Å². The average Bonchev–Trinajstić information content (AvgIpc) is 1.65. The number of nitrogens with zero attached hydrogens (tertiary/aromatic N) is 9. The number of H-pyrrole nitrogens is 1. The number of allylic oxidation sites excluding steroid dienone is 6. The van der Waals surface area contributed by atoms with Gasteiger partial charge in [-0.15, -0.1) is 5.10 Å². The maximum Gasteiger partial charge on any atom is 0.329 e. The summed E-state index contributed by atoms with van der Waals surface area (Å²) < 4.78 is 62.1. The number of phenols is 1. The van der Waals surface area contributed by atoms with E-state index in [0.717, 1.165) is 34.2 Å². The molecule has 4 aliphatic rings. The Bertz CT molecular complexity index is 4860. The van der Waals surface area contributed by atoms with Crippen LogP contribution < -0.4 is 27.4 Å². The number of carbonyl (C=O) groups is 7. The zero-order valence-electron chi connectivity index (χ0n) is 78.9. The molecule has 2 saturated heterocycles. The van der Waals surface area contributed by atoms with Crippen molar-refractivity contribution in [3.05, 3.63) is 126 Å². The first-order chi connectivity index (χ1) is 64.7. The number of nitrogens with one attached hydrogen (secondary N) is 4. The number of benzene rings is 2. The number of anilines is 1. The summed E-state index contributed by atoms with van der Waals surface area (Å²) in [7, 11) is 3.20. The maximum atomic E-state index is 15.2. The molecule has 1 aliphatic carbocycles. The highest BCUT2D eigenvalue weighted by Crippen LogP contribution is 2.40. The van der Waals surface area contributed by atoms with Crippen LogP contribution in [0.3, 0.4) is 0 Å². The molecule has 3 fully saturated rings. The van der Waals surface area contributed by atoms with Gasteiger partial charge in [0.1, 0.15) is 54.5 Å². The fraction of sp³-hybridized carbons (Fsp3) is 0.619. The smallest absolute Gasteiger partial charge is 0.329 e. The molecule has 6 aromatic rings. The van der Waals surface area contributed by atoms with E-state index in [1.807, 2.05) is 91.5 Å². The molecule has 37 heteroatoms. The van der Waals surface area contributed by atoms with Gasteiger partial charge in [-0.25, -0.2) is 24.1 Å². The molecule has 3 aliphatic heterocycles. The van der Waals surface area contributed by atoms with Gasteiger partial charge in [-0.05, 0) is 157 Å². The topological polar surface area (TPSA) is 496 Å². The number of unbranched alkanes of at least 4 members (excludes halogenated alkanes) is 1. The number of aryl methyl sites for hydroxylation is 2. The second kappa shape index (κ2) is 55.2. The molecule has 37 nitrogen and oxygen atoms in total. The van der Waals surface area contributed by atoms with Crippen molar-refractivity contribution in [1.29, 1.82) is 0 Å². The number of nitrogen functional groups attached to an aromatic ring is 1. The number of carbonyl (C=O) groups excluding carboxylic acids is 7. The molecule has 10 rings (SSSR count). The Labute approximate surface area is 783 Å². The second-order valence-corrected chi connectivity index (χ2v) is 35.4. The summed E-state index contributed by atoms with van der Waals surface area (Å²) in [5.41, 5.74) is 19.4. The van der Waals surface area contributed by atoms with Crippen molar-refractivity contribution in [2.75, 3.05) is 125 Å². The number of aliphatic hydroxyl groups is 3. The number of fused-ring (bicyclic) bond motifs is 5. The van der Waals surface area contributed by atoms with Crippen LogP contribution in [-0.4, -0.2) is 286 Å². The average molecular weight is 1870 g/mol. The molecule has 134 heavy (non-hydrogen) atoms. The minimum atomic E-state index is -2.51. The number of hydrogen-bond acceptors (Lipinski definition) is 30. The van der Waals surface area contributed by atoms with Gasteiger partial charge < -0.3 is 110 Å². The normalized spacial score (nSPS) is 25.9. The van der Waals surface area contributed by atoms with Crippen molar-refractivity contribution in [3.8, 4) is 17.1 Å². The number of aromatic hydroxyl groups is 1. The number of amides is 4. The summed E-state index contributed by atoms with van der Waals surface area (Å²) in [4.78, 5) is 115. The highest BCUT2D eigenvalue weighted by Gasteiger charge is 2.53. The molecule has 2 aromatic carbocycles. The molecule has 736 valence electrons. The number of esters is 1. The van der Waals surface area contributed by atoms with Gasteiger partial charge in [0.15, 0.2) is 11.4 Å². The first kappa shape index (κ1) is 106. The summed E-state index contributed by atoms with van der Waals surface area (Å²) in [6.07, 6.45) is 16.3. The molecule has 0 radical (unpaired) electrons. The van der Waals surface area contributed by atoms with Gasteiger partial charge in [-0.2, -0.15) is 5.10 Å². The Morgan fingerprint density at radius 3 is 2.10 bits per heavy atom. The molecule has 7 heterocycles. The molecule has 12 N–H and O–H groups in total. The Morgan fingerprint density at radius 1 is 0.724 bits per heavy atom. The van der Waals surface area contributed by atoms with Crippen molar-refractivity contribution in [2.45, 2.75) is 237 Å². The van der Waals surface area contributed by atoms with Gasteiger partial charge in [-0.1, -0.05) is 105 Å². The van der Waals surface area contributed by atoms with E-state index in [4.69, 9.17) is 68.8 Å². The Morgan fingerprint density at radius 2 is 1.40 bits per heavy atom. The standard InChI is InChI=1S/C97H141N15O22/c1-63-20-11-9-12-21-64(2)81(124-7)58-74-30-27-68(6)97(123,134-74)92(120)95(121)110-38-17-15-25-80(110)96(122)133-82(59-77(108-132-61-69-22-13-10-14-23-69)65(3)53-67(5)90(118)91(119)89(117)66(4)52-63)75(98)54-70-28-32-79(83(55-70)125-8)112-60-72(106-109-112)24-19-26-84(114)101-36-42-128-46-50-131-49-45-127-41-34-86(116)102-37-43-129-47-51-130-48-44-126-40-33-85(115)100-35-16-18-39-111-94-87(93(99)103-62-104-94)88(107-111)78-57-71-56-73(113)29-31-76(71)105-78/h9-14,20-23,29,31,53,56-57,60,62-63,65-66,68,70,74-75,79-83,90-91,105,113,118-119,123H,15-19,24-28,30,32-52,54-55,58-59,61,98H2,1-8H3,(H,100,115)(H,101,114)(H,102,116)(H2,99,103,104)/b12-9+,20-11+,64-21+,67-53+,108-77-/t63-,65-,66-,68-,70+,74+,75-,79+,80+,81+,82+,83-,90-,91+,97-/m1/s1. The van der Waals surface area contributed by atoms with Gasteiger partial charge >= 0.3 is 5.97 Å². The SMILES string of the molecule is CO[C@H]1C[C@@H]2CC[C@@H](C)[C@@](O)(O2)C(=O)C(=O)N2CCCC[C@H]2C(=O)O[C@H]([C@H](N)C[C@@H]2CC[C@H](n3cc(CCCC(=O)NCCOCCOCCOCCC(=O)NCCOCCOCCOCCC(=O)NCCCCn4nc(-c5cc6cc(O)ccc6[nH]5)c5c(N)ncnc54)nn3)[C@H](OC)C2)C/C(=N/OCc2ccccc2)[C@H](C)/C=C(\C)[C@@H](O)[C@@H](O)C(=O)[C@H](C)C[C@H](C)/C=C/C=C/C=C/1C. The van der Waals surface area contributed by atoms with E-state index < -0.39 is 89.6 Å². The number of ketones is 2. The molecule has 4 aromatic heterocycles. The highest BCUT2D eigenvalue weighted by molar-refractivity contribution is 6.39. The summed E-state index contributed by atoms with van der Waals surface area (Å²) in [6.45, 7) is 16.2. The van der Waals surface area contributed by atoms with Crippen molar-refractivity contribution < 1.29 is 106 Å². The number of nitrogens with two attached hydrogens (primary N) is 2. The number of Topliss-reactive ketones (excluding diaryl/α,β-unsaturated/α-hetero) is 2. The van der Waals surface area contributed by atoms with E-state index in [2.05, 4.69) is 46.4 Å². The van der Waals surface area contributed by atoms with Crippen molar-refractivity contribution in [1.82, 2.24) is 60.6 Å². The number of hydrogen-bond donors (Lipinski definition) is 10. The molecular formula is C97H141N15O22. The van der Waals surface area contributed by atoms with Crippen molar-refractivity contribution in [3.63, 3.8) is 0 Å². The molecule has 1 saturated carbocycles. The number of phenolic OH excluding ortho intramolecular Hbond substituents is 1. The summed E-state index contributed by atoms with van der Waals surface area (Å²) in [5.74, 6) is -8.23. The predicted octanol–water partition coefficient (Wildman–Crippen LogP) is 8.30. The van der Waals surface area contributed by atoms with E-state index in [0.29, 0.717) is 203 Å². The lowest BCUT2D eigenvalue weighted by atomic mass is 9.79. The van der Waals surface area contributed by atoms with Crippen LogP contribution in [0, 0.1) is 29.6 Å². The fourth-order valence-corrected chi connectivity index (χ4v) is 17.3. The molecule has 15 atom stereocenters. The Balaban J connectivity index is 0.595. The van der Waals surface area contributed by atoms with E-state index in [1.165, 1.54) is 11.2 Å². The van der Waals surface area contributed by atoms with Crippen molar-refractivity contribution in [2.24, 2.45) is 40.5 Å². The number of piperidine rings is 1. The highest BCUT2D eigenvalue weighted by atomic mass is 16.6. The first-order valence-electron chi connectivity index (χ1n) is 47.3. The third-order valence-electron chi connectivity index (χ3n) is 25.1. The van der Waals surface area contributed by atoms with E-state index >= 15 is 4.79 Å². The van der Waals surface area contributed by atoms with E-state index in [1.54, 1.807) is 70.9 Å². The molecule has 4 amide bonds. The Hall–Kier alpha value is -10.1. The van der Waals surface area contributed by atoms with Crippen LogP contribution in [0.2, 0.25) is 0 Å². The zero-order valence-corrected chi connectivity index (χ0v) is 78.9. The largest absolute Gasteiger partial charge is 0.508 e. The Kier molecular flexibility index (Phi) is 43.6. The predicted molar refractivity (Wildman–Crippen MR) is 500 cm³/mol. The van der Waals surface area contributed by atoms with E-state index in [9.17, 15) is 49.2 Å². The first-order valence-corrected chi connectivity index (χ1v) is 47.3. The quantitative estimate of drug-likeness (QED) is 0.00565. The van der Waals surface area contributed by atoms with Crippen LogP contribution >= 0.6 is 0 Å². The van der Waals surface area contributed by atoms with Crippen LogP contribution in [-0.2, 0) is 105 Å². The van der Waals surface area contributed by atoms with Crippen LogP contribution in [0.4, 0.5) is 5.82 Å². The van der Waals surface area contributed by atoms with Gasteiger partial charge in [0.05, 0.1) is 126 Å². The lowest BCUT2D eigenvalue weighted by Crippen LogP contribution is -2.61. The van der Waals surface area contributed by atoms with Crippen molar-refractivity contribution >= 4 is 74.6 Å². The van der Waals surface area contributed by atoms with Gasteiger partial charge in [0, 0.05) is 120 Å². The number of methoxy groups -OCH3 is 2. The number of aliphatic hydroxyl groups excluding tert-OH is 2. The van der Waals surface area contributed by atoms with Gasteiger partial charge in [0.2, 0.25) is 23.5 Å². The lowest BCUT2D eigenvalue weighted by Gasteiger charge is -2.42. The number of ether oxygens (including phenoxy) is 10. The number of cyclic esters (lactones) is 1. The molecular weight excluding hydrogens is 1730 g/mol. The number of aromatic amines is 1. The maximum absolute atomic E-state index is 15.2. The third-order valence-corrected chi connectivity index (χ3v) is 25.1. The monoisotopic (exact) mass is 1870 g/mol. The van der Waals surface area contributed by atoms with Crippen LogP contribution in [0.1, 0.15) is 174 Å². The fourth-order valence-electron chi connectivity index (χ4n) is 17.3. The third kappa shape index (κ3) is 32.6. The summed E-state index contributed by atoms with van der Waals surface area (Å²) in [6, 6.07) is 14.0. The number of aromatic nitrogens is 8. The minimum Gasteiger partial charge on any atom is -0.508 e. The van der Waals surface area contributed by atoms with Crippen LogP contribution in [0.15, 0.2) is 120 Å². The molecule has 0 unspecified atom stereocenters. The molecule has 2 bridgehead atoms. The summed E-state index contributed by atoms with van der Waals surface area (Å²) >= 11 is 0. The van der Waals surface area contributed by atoms with Gasteiger partial charge in [0.25, 0.3) is 11.7 Å². The lowest BCUT2D eigenvalue weighted by molar-refractivity contribution is -0.265. The zero-order chi connectivity index (χ0) is 95.9. The second-order valence-electron chi connectivity index (χ2n) is 35.4.